The van der Waals surface area contributed by atoms with Crippen LogP contribution in [0.4, 0.5) is 0 Å². The summed E-state index contributed by atoms with van der Waals surface area (Å²) in [7, 11) is 0. The zero-order valence-corrected chi connectivity index (χ0v) is 23.1. The van der Waals surface area contributed by atoms with E-state index in [0.717, 1.165) is 12.0 Å². The van der Waals surface area contributed by atoms with Crippen molar-refractivity contribution in [1.82, 2.24) is 0 Å². The zero-order chi connectivity index (χ0) is 21.6. The fourth-order valence-corrected chi connectivity index (χ4v) is 27.9. The second kappa shape index (κ2) is 10.5. The predicted molar refractivity (Wildman–Crippen MR) is 130 cm³/mol. The molecule has 0 amide bonds. The predicted octanol–water partition coefficient (Wildman–Crippen LogP) is 8.53. The fraction of sp³-hybridized carbons (Fsp3) is 0.846. The topological polar surface area (TPSA) is 20.2 Å². The molecule has 2 heteroatoms. The van der Waals surface area contributed by atoms with E-state index in [4.69, 9.17) is 0 Å². The van der Waals surface area contributed by atoms with E-state index < -0.39 is 24.0 Å². The van der Waals surface area contributed by atoms with Gasteiger partial charge < -0.3 is 0 Å². The van der Waals surface area contributed by atoms with Gasteiger partial charge in [-0.3, -0.25) is 0 Å². The molecule has 164 valence electrons. The van der Waals surface area contributed by atoms with Crippen molar-refractivity contribution in [3.63, 3.8) is 0 Å². The molecule has 1 rings (SSSR count). The van der Waals surface area contributed by atoms with Crippen LogP contribution in [-0.2, 0) is 0 Å². The van der Waals surface area contributed by atoms with Crippen molar-refractivity contribution in [2.75, 3.05) is 0 Å². The number of aliphatic hydroxyl groups is 1. The molecule has 1 fully saturated rings. The number of hydrogen-bond acceptors (Lipinski definition) is 1. The SMILES string of the molecule is C=C[C@]1(C)[C@H]([Sn]([CH2]CCC)([CH2]CCC)[CH2]CCC)CC(C)(C)C[C@]1(O)C(=C)C. The van der Waals surface area contributed by atoms with Crippen LogP contribution in [0.15, 0.2) is 24.8 Å². The molecule has 3 atom stereocenters. The molecule has 1 N–H and O–H groups in total. The molecule has 28 heavy (non-hydrogen) atoms. The zero-order valence-electron chi connectivity index (χ0n) is 20.3. The van der Waals surface area contributed by atoms with Gasteiger partial charge in [-0.2, -0.15) is 0 Å². The van der Waals surface area contributed by atoms with Crippen molar-refractivity contribution in [3.05, 3.63) is 24.8 Å². The van der Waals surface area contributed by atoms with Gasteiger partial charge in [-0.25, -0.2) is 0 Å². The second-order valence-electron chi connectivity index (χ2n) is 10.9. The molecule has 0 heterocycles. The van der Waals surface area contributed by atoms with Crippen LogP contribution in [0.1, 0.15) is 99.8 Å². The fourth-order valence-electron chi connectivity index (χ4n) is 6.27. The third-order valence-electron chi connectivity index (χ3n) is 8.06. The average Bonchev–Trinajstić information content (AvgIpc) is 2.64. The van der Waals surface area contributed by atoms with Gasteiger partial charge in [0.25, 0.3) is 0 Å². The molecule has 0 aliphatic heterocycles. The number of rotatable bonds is 12. The quantitative estimate of drug-likeness (QED) is 0.212. The van der Waals surface area contributed by atoms with Crippen LogP contribution in [0, 0.1) is 10.8 Å². The van der Waals surface area contributed by atoms with Crippen LogP contribution < -0.4 is 0 Å². The third-order valence-corrected chi connectivity index (χ3v) is 26.1. The van der Waals surface area contributed by atoms with Gasteiger partial charge in [0.15, 0.2) is 0 Å². The molecule has 0 aromatic heterocycles. The summed E-state index contributed by atoms with van der Waals surface area (Å²) in [5.41, 5.74) is 0.0378. The van der Waals surface area contributed by atoms with Gasteiger partial charge in [-0.1, -0.05) is 0 Å². The van der Waals surface area contributed by atoms with E-state index in [-0.39, 0.29) is 10.8 Å². The summed E-state index contributed by atoms with van der Waals surface area (Å²) in [6, 6.07) is 0. The molecular weight excluding hydrogens is 447 g/mol. The van der Waals surface area contributed by atoms with Crippen molar-refractivity contribution >= 4 is 18.4 Å². The number of hydrogen-bond donors (Lipinski definition) is 1. The molecule has 1 aliphatic rings. The van der Waals surface area contributed by atoms with Gasteiger partial charge in [0.1, 0.15) is 0 Å². The summed E-state index contributed by atoms with van der Waals surface area (Å²) in [5, 5.41) is 12.1. The maximum absolute atomic E-state index is 12.1. The normalized spacial score (nSPS) is 30.2. The van der Waals surface area contributed by atoms with E-state index in [1.54, 1.807) is 0 Å². The van der Waals surface area contributed by atoms with Crippen LogP contribution >= 0.6 is 0 Å². The van der Waals surface area contributed by atoms with Gasteiger partial charge in [0, 0.05) is 0 Å². The molecule has 1 aliphatic carbocycles. The minimum absolute atomic E-state index is 0.160. The Bertz CT molecular complexity index is 501. The Balaban J connectivity index is 3.62. The molecule has 0 radical (unpaired) electrons. The van der Waals surface area contributed by atoms with Crippen molar-refractivity contribution < 1.29 is 5.11 Å². The Morgan fingerprint density at radius 3 is 1.75 bits per heavy atom. The van der Waals surface area contributed by atoms with Crippen LogP contribution in [-0.4, -0.2) is 29.1 Å². The Morgan fingerprint density at radius 2 is 1.43 bits per heavy atom. The Morgan fingerprint density at radius 1 is 1.00 bits per heavy atom. The Labute approximate surface area is 181 Å². The molecule has 0 aromatic rings. The Hall–Kier alpha value is 0.239. The van der Waals surface area contributed by atoms with E-state index in [0.29, 0.717) is 3.93 Å². The summed E-state index contributed by atoms with van der Waals surface area (Å²) in [4.78, 5) is 0. The average molecular weight is 497 g/mol. The van der Waals surface area contributed by atoms with Crippen molar-refractivity contribution in [2.24, 2.45) is 10.8 Å². The van der Waals surface area contributed by atoms with Gasteiger partial charge in [-0.15, -0.1) is 0 Å². The molecule has 0 bridgehead atoms. The summed E-state index contributed by atoms with van der Waals surface area (Å²) in [6.07, 6.45) is 12.2. The third kappa shape index (κ3) is 5.28. The summed E-state index contributed by atoms with van der Waals surface area (Å²) >= 11 is -2.58. The van der Waals surface area contributed by atoms with Crippen LogP contribution in [0.25, 0.3) is 0 Å². The standard InChI is InChI=1S/C14H23O.3C4H9.Sn/c1-7-13(6)9-8-12(4,5)10-14(13,15)11(2)3;3*1-3-4-2;/h7,9,15H,1-2,8,10H2,3-6H3;3*1,3-4H2,2H3;/t13-,14+;;;;/m1..../s1. The first-order valence-corrected chi connectivity index (χ1v) is 19.7. The molecule has 1 nitrogen and oxygen atoms in total. The van der Waals surface area contributed by atoms with Crippen molar-refractivity contribution in [2.45, 2.75) is 123 Å². The van der Waals surface area contributed by atoms with E-state index in [2.05, 4.69) is 60.8 Å². The molecular formula is C26H50OSn. The summed E-state index contributed by atoms with van der Waals surface area (Å²) in [6.45, 7) is 24.8. The Kier molecular flexibility index (Phi) is 9.86. The molecule has 0 aromatic carbocycles. The van der Waals surface area contributed by atoms with Crippen LogP contribution in [0.2, 0.25) is 17.2 Å². The molecule has 1 saturated carbocycles. The first-order chi connectivity index (χ1) is 13.0. The second-order valence-corrected chi connectivity index (χ2v) is 24.9. The molecule has 0 saturated heterocycles. The van der Waals surface area contributed by atoms with E-state index in [1.165, 1.54) is 58.3 Å². The van der Waals surface area contributed by atoms with Gasteiger partial charge in [0.2, 0.25) is 0 Å². The minimum atomic E-state index is -2.58. The van der Waals surface area contributed by atoms with E-state index >= 15 is 0 Å². The maximum atomic E-state index is 12.1. The van der Waals surface area contributed by atoms with Crippen LogP contribution in [0.3, 0.4) is 0 Å². The van der Waals surface area contributed by atoms with E-state index in [9.17, 15) is 5.11 Å². The van der Waals surface area contributed by atoms with Crippen molar-refractivity contribution in [3.8, 4) is 0 Å². The molecule has 0 unspecified atom stereocenters. The first-order valence-electron chi connectivity index (χ1n) is 12.0. The monoisotopic (exact) mass is 498 g/mol. The van der Waals surface area contributed by atoms with Gasteiger partial charge in [-0.05, 0) is 0 Å². The number of unbranched alkanes of at least 4 members (excludes halogenated alkanes) is 3. The van der Waals surface area contributed by atoms with Crippen LogP contribution in [0.5, 0.6) is 0 Å². The molecule has 0 spiro atoms. The first kappa shape index (κ1) is 26.3. The van der Waals surface area contributed by atoms with Gasteiger partial charge in [0.05, 0.1) is 0 Å². The summed E-state index contributed by atoms with van der Waals surface area (Å²) in [5.74, 6) is 0. The summed E-state index contributed by atoms with van der Waals surface area (Å²) < 4.78 is 5.11. The van der Waals surface area contributed by atoms with Crippen molar-refractivity contribution in [1.29, 1.82) is 0 Å². The van der Waals surface area contributed by atoms with E-state index in [1.807, 2.05) is 6.92 Å². The van der Waals surface area contributed by atoms with Gasteiger partial charge >= 0.3 is 182 Å².